The monoisotopic (exact) mass is 377 g/mol. The summed E-state index contributed by atoms with van der Waals surface area (Å²) >= 11 is 0. The van der Waals surface area contributed by atoms with Crippen LogP contribution in [-0.4, -0.2) is 32.5 Å². The summed E-state index contributed by atoms with van der Waals surface area (Å²) in [6.45, 7) is 3.06. The number of fused-ring (bicyclic) bond motifs is 1. The topological polar surface area (TPSA) is 55.8 Å². The molecule has 1 fully saturated rings. The molecule has 7 heteroatoms. The quantitative estimate of drug-likeness (QED) is 0.822. The molecule has 0 bridgehead atoms. The first kappa shape index (κ1) is 17.3. The van der Waals surface area contributed by atoms with Gasteiger partial charge >= 0.3 is 0 Å². The van der Waals surface area contributed by atoms with Crippen LogP contribution in [0.25, 0.3) is 0 Å². The Morgan fingerprint density at radius 2 is 1.85 bits per heavy atom. The second-order valence-corrected chi connectivity index (χ2v) is 8.45. The Morgan fingerprint density at radius 3 is 2.62 bits per heavy atom. The maximum absolute atomic E-state index is 13.4. The Morgan fingerprint density at radius 1 is 1.08 bits per heavy atom. The number of benzene rings is 2. The zero-order valence-electron chi connectivity index (χ0n) is 14.4. The molecule has 4 rings (SSSR count). The van der Waals surface area contributed by atoms with E-state index in [0.717, 1.165) is 18.4 Å². The van der Waals surface area contributed by atoms with Crippen LogP contribution in [0.1, 0.15) is 30.0 Å². The van der Waals surface area contributed by atoms with E-state index in [2.05, 4.69) is 0 Å². The van der Waals surface area contributed by atoms with Crippen molar-refractivity contribution in [2.45, 2.75) is 30.7 Å². The highest BCUT2D eigenvalue weighted by Gasteiger charge is 2.37. The highest BCUT2D eigenvalue weighted by atomic mass is 32.2. The third-order valence-corrected chi connectivity index (χ3v) is 6.95. The van der Waals surface area contributed by atoms with E-state index < -0.39 is 15.8 Å². The molecule has 138 valence electrons. The van der Waals surface area contributed by atoms with E-state index in [0.29, 0.717) is 36.8 Å². The number of sulfonamides is 1. The molecule has 2 aliphatic rings. The number of aryl methyl sites for hydroxylation is 1. The molecule has 26 heavy (non-hydrogen) atoms. The molecule has 0 aromatic heterocycles. The van der Waals surface area contributed by atoms with Gasteiger partial charge in [-0.15, -0.1) is 0 Å². The molecule has 0 radical (unpaired) electrons. The van der Waals surface area contributed by atoms with Crippen LogP contribution in [0.3, 0.4) is 0 Å². The van der Waals surface area contributed by atoms with E-state index in [9.17, 15) is 12.8 Å². The molecular formula is C19H20FNO4S. The molecule has 2 heterocycles. The molecular weight excluding hydrogens is 357 g/mol. The summed E-state index contributed by atoms with van der Waals surface area (Å²) < 4.78 is 52.4. The molecule has 0 spiro atoms. The molecule has 2 aliphatic heterocycles. The maximum atomic E-state index is 13.4. The molecule has 2 aromatic carbocycles. The van der Waals surface area contributed by atoms with Crippen molar-refractivity contribution in [1.82, 2.24) is 4.31 Å². The Kier molecular flexibility index (Phi) is 4.36. The summed E-state index contributed by atoms with van der Waals surface area (Å²) in [7, 11) is -3.71. The average Bonchev–Trinajstić information content (AvgIpc) is 3.11. The lowest BCUT2D eigenvalue weighted by atomic mass is 10.0. The lowest BCUT2D eigenvalue weighted by molar-refractivity contribution is 0.171. The Hall–Kier alpha value is -2.12. The van der Waals surface area contributed by atoms with Gasteiger partial charge < -0.3 is 9.47 Å². The summed E-state index contributed by atoms with van der Waals surface area (Å²) in [5.41, 5.74) is 1.30. The number of halogens is 1. The summed E-state index contributed by atoms with van der Waals surface area (Å²) in [4.78, 5) is 0.156. The molecule has 1 atom stereocenters. The van der Waals surface area contributed by atoms with Crippen molar-refractivity contribution in [3.63, 3.8) is 0 Å². The van der Waals surface area contributed by atoms with Crippen LogP contribution in [0, 0.1) is 12.7 Å². The van der Waals surface area contributed by atoms with Gasteiger partial charge in [0.05, 0.1) is 10.9 Å². The molecule has 0 aliphatic carbocycles. The maximum Gasteiger partial charge on any atom is 0.243 e. The number of hydrogen-bond donors (Lipinski definition) is 0. The minimum absolute atomic E-state index is 0.156. The zero-order chi connectivity index (χ0) is 18.3. The lowest BCUT2D eigenvalue weighted by Gasteiger charge is -2.26. The van der Waals surface area contributed by atoms with E-state index in [1.54, 1.807) is 6.92 Å². The van der Waals surface area contributed by atoms with Gasteiger partial charge in [-0.2, -0.15) is 4.31 Å². The highest BCUT2D eigenvalue weighted by Crippen LogP contribution is 2.40. The normalized spacial score (nSPS) is 20.3. The second-order valence-electron chi connectivity index (χ2n) is 6.59. The first-order valence-corrected chi connectivity index (χ1v) is 10.1. The first-order chi connectivity index (χ1) is 12.5. The van der Waals surface area contributed by atoms with Gasteiger partial charge in [0.25, 0.3) is 0 Å². The summed E-state index contributed by atoms with van der Waals surface area (Å²) in [6.07, 6.45) is 1.51. The van der Waals surface area contributed by atoms with Crippen LogP contribution in [0.4, 0.5) is 4.39 Å². The number of hydrogen-bond acceptors (Lipinski definition) is 4. The van der Waals surface area contributed by atoms with E-state index in [1.165, 1.54) is 22.5 Å². The average molecular weight is 377 g/mol. The predicted molar refractivity (Wildman–Crippen MR) is 94.4 cm³/mol. The van der Waals surface area contributed by atoms with Gasteiger partial charge in [0, 0.05) is 6.54 Å². The fourth-order valence-corrected chi connectivity index (χ4v) is 5.55. The predicted octanol–water partition coefficient (Wildman–Crippen LogP) is 3.43. The van der Waals surface area contributed by atoms with Crippen LogP contribution >= 0.6 is 0 Å². The molecule has 5 nitrogen and oxygen atoms in total. The molecule has 1 unspecified atom stereocenters. The number of ether oxygens (including phenoxy) is 2. The van der Waals surface area contributed by atoms with Crippen LogP contribution < -0.4 is 9.47 Å². The first-order valence-electron chi connectivity index (χ1n) is 8.64. The SMILES string of the molecule is Cc1cc(F)ccc1S(=O)(=O)N1CCCC1c1ccc2c(c1)OCCO2. The van der Waals surface area contributed by atoms with Gasteiger partial charge in [-0.05, 0) is 61.2 Å². The van der Waals surface area contributed by atoms with E-state index >= 15 is 0 Å². The van der Waals surface area contributed by atoms with E-state index in [1.807, 2.05) is 18.2 Å². The van der Waals surface area contributed by atoms with Gasteiger partial charge in [-0.25, -0.2) is 12.8 Å². The molecule has 2 aromatic rings. The van der Waals surface area contributed by atoms with Crippen LogP contribution in [0.2, 0.25) is 0 Å². The fourth-order valence-electron chi connectivity index (χ4n) is 3.66. The van der Waals surface area contributed by atoms with Crippen molar-refractivity contribution in [3.8, 4) is 11.5 Å². The summed E-state index contributed by atoms with van der Waals surface area (Å²) in [5, 5.41) is 0. The van der Waals surface area contributed by atoms with Crippen LogP contribution in [-0.2, 0) is 10.0 Å². The molecule has 0 amide bonds. The Balaban J connectivity index is 1.70. The van der Waals surface area contributed by atoms with Crippen molar-refractivity contribution < 1.29 is 22.3 Å². The van der Waals surface area contributed by atoms with Crippen molar-refractivity contribution in [1.29, 1.82) is 0 Å². The second kappa shape index (κ2) is 6.55. The van der Waals surface area contributed by atoms with Gasteiger partial charge in [-0.1, -0.05) is 6.07 Å². The highest BCUT2D eigenvalue weighted by molar-refractivity contribution is 7.89. The summed E-state index contributed by atoms with van der Waals surface area (Å²) in [5.74, 6) is 0.893. The Labute approximate surface area is 152 Å². The number of rotatable bonds is 3. The third kappa shape index (κ3) is 2.95. The van der Waals surface area contributed by atoms with Crippen molar-refractivity contribution >= 4 is 10.0 Å². The standard InChI is InChI=1S/C19H20FNO4S/c1-13-11-15(20)5-7-19(13)26(22,23)21-8-2-3-16(21)14-4-6-17-18(12-14)25-10-9-24-17/h4-7,11-12,16H,2-3,8-10H2,1H3. The zero-order valence-corrected chi connectivity index (χ0v) is 15.3. The molecule has 0 N–H and O–H groups in total. The van der Waals surface area contributed by atoms with E-state index in [4.69, 9.17) is 9.47 Å². The largest absolute Gasteiger partial charge is 0.486 e. The smallest absolute Gasteiger partial charge is 0.243 e. The van der Waals surface area contributed by atoms with Crippen molar-refractivity contribution in [3.05, 3.63) is 53.3 Å². The van der Waals surface area contributed by atoms with Crippen molar-refractivity contribution in [2.24, 2.45) is 0 Å². The third-order valence-electron chi connectivity index (χ3n) is 4.88. The van der Waals surface area contributed by atoms with Gasteiger partial charge in [0.2, 0.25) is 10.0 Å². The summed E-state index contributed by atoms with van der Waals surface area (Å²) in [6, 6.07) is 9.11. The van der Waals surface area contributed by atoms with Gasteiger partial charge in [0.15, 0.2) is 11.5 Å². The Bertz CT molecular complexity index is 945. The lowest BCUT2D eigenvalue weighted by Crippen LogP contribution is -2.31. The fraction of sp³-hybridized carbons (Fsp3) is 0.368. The van der Waals surface area contributed by atoms with Gasteiger partial charge in [-0.3, -0.25) is 0 Å². The van der Waals surface area contributed by atoms with Crippen LogP contribution in [0.15, 0.2) is 41.3 Å². The molecule has 0 saturated carbocycles. The van der Waals surface area contributed by atoms with Crippen molar-refractivity contribution in [2.75, 3.05) is 19.8 Å². The minimum Gasteiger partial charge on any atom is -0.486 e. The minimum atomic E-state index is -3.71. The molecule has 1 saturated heterocycles. The van der Waals surface area contributed by atoms with Gasteiger partial charge in [0.1, 0.15) is 19.0 Å². The van der Waals surface area contributed by atoms with E-state index in [-0.39, 0.29) is 10.9 Å². The number of nitrogens with zero attached hydrogens (tertiary/aromatic N) is 1. The van der Waals surface area contributed by atoms with Crippen LogP contribution in [0.5, 0.6) is 11.5 Å².